The van der Waals surface area contributed by atoms with Gasteiger partial charge in [-0.1, -0.05) is 18.2 Å². The molecule has 0 saturated carbocycles. The molecule has 0 spiro atoms. The first-order valence-corrected chi connectivity index (χ1v) is 9.42. The van der Waals surface area contributed by atoms with Gasteiger partial charge in [-0.2, -0.15) is 0 Å². The highest BCUT2D eigenvalue weighted by atomic mass is 32.1. The molecule has 0 saturated heterocycles. The highest BCUT2D eigenvalue weighted by molar-refractivity contribution is 7.14. The van der Waals surface area contributed by atoms with Crippen molar-refractivity contribution in [3.05, 3.63) is 62.5 Å². The van der Waals surface area contributed by atoms with Crippen LogP contribution in [0.5, 0.6) is 5.75 Å². The molecule has 3 rings (SSSR count). The van der Waals surface area contributed by atoms with Gasteiger partial charge in [0.15, 0.2) is 0 Å². The van der Waals surface area contributed by atoms with Gasteiger partial charge in [-0.05, 0) is 54.1 Å². The number of aryl methyl sites for hydroxylation is 1. The number of rotatable bonds is 6. The second-order valence-electron chi connectivity index (χ2n) is 5.39. The number of benzene rings is 1. The van der Waals surface area contributed by atoms with Gasteiger partial charge in [-0.3, -0.25) is 4.79 Å². The number of thiophene rings is 2. The maximum Gasteiger partial charge on any atom is 0.261 e. The summed E-state index contributed by atoms with van der Waals surface area (Å²) in [6, 6.07) is 14.0. The fourth-order valence-corrected chi connectivity index (χ4v) is 4.16. The Kier molecular flexibility index (Phi) is 5.33. The molecule has 2 heterocycles. The summed E-state index contributed by atoms with van der Waals surface area (Å²) in [5.41, 5.74) is 2.20. The van der Waals surface area contributed by atoms with E-state index in [-0.39, 0.29) is 5.91 Å². The van der Waals surface area contributed by atoms with E-state index in [1.54, 1.807) is 18.4 Å². The molecule has 3 aromatic rings. The van der Waals surface area contributed by atoms with Gasteiger partial charge in [0.2, 0.25) is 0 Å². The smallest absolute Gasteiger partial charge is 0.261 e. The highest BCUT2D eigenvalue weighted by Gasteiger charge is 2.13. The van der Waals surface area contributed by atoms with Crippen LogP contribution in [0, 0.1) is 6.92 Å². The Hall–Kier alpha value is -2.11. The molecule has 3 nitrogen and oxygen atoms in total. The Morgan fingerprint density at radius 3 is 2.67 bits per heavy atom. The number of hydrogen-bond acceptors (Lipinski definition) is 4. The average molecular weight is 358 g/mol. The van der Waals surface area contributed by atoms with Gasteiger partial charge in [0.1, 0.15) is 5.75 Å². The maximum atomic E-state index is 12.4. The molecule has 124 valence electrons. The van der Waals surface area contributed by atoms with E-state index in [1.165, 1.54) is 16.2 Å². The summed E-state index contributed by atoms with van der Waals surface area (Å²) in [6.45, 7) is 2.71. The number of methoxy groups -OCH3 is 1. The first kappa shape index (κ1) is 16.7. The summed E-state index contributed by atoms with van der Waals surface area (Å²) < 4.78 is 5.19. The third kappa shape index (κ3) is 3.86. The summed E-state index contributed by atoms with van der Waals surface area (Å²) in [6.07, 6.45) is 0.874. The van der Waals surface area contributed by atoms with Crippen molar-refractivity contribution >= 4 is 28.6 Å². The van der Waals surface area contributed by atoms with Gasteiger partial charge in [0, 0.05) is 16.3 Å². The summed E-state index contributed by atoms with van der Waals surface area (Å²) >= 11 is 3.25. The van der Waals surface area contributed by atoms with Gasteiger partial charge in [0.05, 0.1) is 12.0 Å². The van der Waals surface area contributed by atoms with Crippen LogP contribution < -0.4 is 10.1 Å². The lowest BCUT2D eigenvalue weighted by molar-refractivity contribution is 0.0958. The second-order valence-corrected chi connectivity index (χ2v) is 7.68. The minimum absolute atomic E-state index is 0.000539. The normalized spacial score (nSPS) is 10.6. The molecule has 0 atom stereocenters. The Labute approximate surface area is 149 Å². The second kappa shape index (κ2) is 7.64. The summed E-state index contributed by atoms with van der Waals surface area (Å²) in [5.74, 6) is 0.831. The van der Waals surface area contributed by atoms with E-state index >= 15 is 0 Å². The number of amides is 1. The molecule has 0 radical (unpaired) electrons. The van der Waals surface area contributed by atoms with E-state index in [4.69, 9.17) is 4.74 Å². The Balaban J connectivity index is 1.67. The van der Waals surface area contributed by atoms with Crippen LogP contribution in [0.25, 0.3) is 11.1 Å². The predicted octanol–water partition coefficient (Wildman–Crippen LogP) is 4.77. The number of ether oxygens (including phenoxy) is 1. The lowest BCUT2D eigenvalue weighted by Gasteiger charge is -2.03. The molecule has 1 amide bonds. The number of carbonyl (C=O) groups is 1. The fourth-order valence-electron chi connectivity index (χ4n) is 2.49. The third-order valence-electron chi connectivity index (χ3n) is 3.78. The predicted molar refractivity (Wildman–Crippen MR) is 101 cm³/mol. The molecule has 0 aliphatic heterocycles. The lowest BCUT2D eigenvalue weighted by Crippen LogP contribution is -2.24. The SMILES string of the molecule is COc1ccc(-c2cc(C(=O)NCCc3cccs3)sc2C)cc1. The third-order valence-corrected chi connectivity index (χ3v) is 5.77. The highest BCUT2D eigenvalue weighted by Crippen LogP contribution is 2.32. The number of nitrogens with one attached hydrogen (secondary N) is 1. The van der Waals surface area contributed by atoms with E-state index in [0.29, 0.717) is 6.54 Å². The average Bonchev–Trinajstić information content (AvgIpc) is 3.24. The van der Waals surface area contributed by atoms with Crippen molar-refractivity contribution in [3.63, 3.8) is 0 Å². The molecule has 1 aromatic carbocycles. The Morgan fingerprint density at radius 2 is 2.00 bits per heavy atom. The van der Waals surface area contributed by atoms with E-state index in [2.05, 4.69) is 16.8 Å². The first-order chi connectivity index (χ1) is 11.7. The van der Waals surface area contributed by atoms with Crippen LogP contribution >= 0.6 is 22.7 Å². The summed E-state index contributed by atoms with van der Waals surface area (Å²) in [5, 5.41) is 5.06. The van der Waals surface area contributed by atoms with E-state index in [0.717, 1.165) is 33.1 Å². The summed E-state index contributed by atoms with van der Waals surface area (Å²) in [4.78, 5) is 15.5. The van der Waals surface area contributed by atoms with Gasteiger partial charge in [0.25, 0.3) is 5.91 Å². The van der Waals surface area contributed by atoms with Gasteiger partial charge in [-0.15, -0.1) is 22.7 Å². The minimum atomic E-state index is -0.000539. The largest absolute Gasteiger partial charge is 0.497 e. The van der Waals surface area contributed by atoms with E-state index in [9.17, 15) is 4.79 Å². The zero-order chi connectivity index (χ0) is 16.9. The van der Waals surface area contributed by atoms with Crippen LogP contribution in [0.2, 0.25) is 0 Å². The van der Waals surface area contributed by atoms with Crippen LogP contribution in [0.15, 0.2) is 47.8 Å². The van der Waals surface area contributed by atoms with Gasteiger partial charge >= 0.3 is 0 Å². The molecule has 5 heteroatoms. The van der Waals surface area contributed by atoms with Crippen LogP contribution in [-0.4, -0.2) is 19.6 Å². The standard InChI is InChI=1S/C19H19NO2S2/c1-13-17(14-5-7-15(22-2)8-6-14)12-18(24-13)19(21)20-10-9-16-4-3-11-23-16/h3-8,11-12H,9-10H2,1-2H3,(H,20,21). The van der Waals surface area contributed by atoms with Crippen LogP contribution in [-0.2, 0) is 6.42 Å². The number of hydrogen-bond donors (Lipinski definition) is 1. The van der Waals surface area contributed by atoms with Gasteiger partial charge in [-0.25, -0.2) is 0 Å². The summed E-state index contributed by atoms with van der Waals surface area (Å²) in [7, 11) is 1.66. The quantitative estimate of drug-likeness (QED) is 0.690. The van der Waals surface area contributed by atoms with Crippen LogP contribution in [0.4, 0.5) is 0 Å². The molecule has 0 aliphatic rings. The molecule has 0 aliphatic carbocycles. The van der Waals surface area contributed by atoms with Crippen molar-refractivity contribution in [3.8, 4) is 16.9 Å². The monoisotopic (exact) mass is 357 g/mol. The van der Waals surface area contributed by atoms with Crippen molar-refractivity contribution in [1.29, 1.82) is 0 Å². The topological polar surface area (TPSA) is 38.3 Å². The van der Waals surface area contributed by atoms with Crippen molar-refractivity contribution in [1.82, 2.24) is 5.32 Å². The molecule has 0 fully saturated rings. The molecule has 0 unspecified atom stereocenters. The molecular weight excluding hydrogens is 338 g/mol. The van der Waals surface area contributed by atoms with Crippen molar-refractivity contribution in [2.45, 2.75) is 13.3 Å². The van der Waals surface area contributed by atoms with Crippen LogP contribution in [0.1, 0.15) is 19.4 Å². The van der Waals surface area contributed by atoms with Crippen LogP contribution in [0.3, 0.4) is 0 Å². The Bertz CT molecular complexity index is 805. The fraction of sp³-hybridized carbons (Fsp3) is 0.211. The minimum Gasteiger partial charge on any atom is -0.497 e. The molecule has 0 bridgehead atoms. The maximum absolute atomic E-state index is 12.4. The van der Waals surface area contributed by atoms with E-state index < -0.39 is 0 Å². The lowest BCUT2D eigenvalue weighted by atomic mass is 10.1. The van der Waals surface area contributed by atoms with Crippen molar-refractivity contribution in [2.24, 2.45) is 0 Å². The van der Waals surface area contributed by atoms with Crippen molar-refractivity contribution < 1.29 is 9.53 Å². The molecule has 1 N–H and O–H groups in total. The molecule has 2 aromatic heterocycles. The van der Waals surface area contributed by atoms with Gasteiger partial charge < -0.3 is 10.1 Å². The van der Waals surface area contributed by atoms with Crippen molar-refractivity contribution in [2.75, 3.05) is 13.7 Å². The number of carbonyl (C=O) groups excluding carboxylic acids is 1. The zero-order valence-electron chi connectivity index (χ0n) is 13.7. The first-order valence-electron chi connectivity index (χ1n) is 7.73. The zero-order valence-corrected chi connectivity index (χ0v) is 15.3. The Morgan fingerprint density at radius 1 is 1.21 bits per heavy atom. The molecule has 24 heavy (non-hydrogen) atoms. The van der Waals surface area contributed by atoms with E-state index in [1.807, 2.05) is 43.3 Å². The molecular formula is C19H19NO2S2.